The summed E-state index contributed by atoms with van der Waals surface area (Å²) in [5, 5.41) is 21.5. The fourth-order valence-electron chi connectivity index (χ4n) is 3.12. The van der Waals surface area contributed by atoms with Crippen LogP contribution in [-0.2, 0) is 13.0 Å². The van der Waals surface area contributed by atoms with Gasteiger partial charge >= 0.3 is 6.09 Å². The lowest BCUT2D eigenvalue weighted by molar-refractivity contribution is 0.119. The maximum atomic E-state index is 11.3. The number of nitrogens with zero attached hydrogens (tertiary/aromatic N) is 5. The number of nitrogens with one attached hydrogen (secondary N) is 1. The van der Waals surface area contributed by atoms with E-state index in [0.717, 1.165) is 36.6 Å². The van der Waals surface area contributed by atoms with E-state index in [0.29, 0.717) is 19.6 Å². The minimum atomic E-state index is -0.964. The van der Waals surface area contributed by atoms with Crippen molar-refractivity contribution >= 4 is 11.9 Å². The summed E-state index contributed by atoms with van der Waals surface area (Å²) in [6.45, 7) is 3.10. The van der Waals surface area contributed by atoms with Gasteiger partial charge in [0.15, 0.2) is 0 Å². The van der Waals surface area contributed by atoms with Gasteiger partial charge in [-0.25, -0.2) is 14.8 Å². The second kappa shape index (κ2) is 6.15. The van der Waals surface area contributed by atoms with Gasteiger partial charge in [0.1, 0.15) is 12.1 Å². The molecule has 1 atom stereocenters. The van der Waals surface area contributed by atoms with Crippen LogP contribution >= 0.6 is 0 Å². The Morgan fingerprint density at radius 2 is 2.36 bits per heavy atom. The molecule has 1 amide bonds. The van der Waals surface area contributed by atoms with Crippen molar-refractivity contribution in [3.8, 4) is 6.07 Å². The molecule has 0 bridgehead atoms. The van der Waals surface area contributed by atoms with Crippen LogP contribution in [0.2, 0.25) is 0 Å². The lowest BCUT2D eigenvalue weighted by Gasteiger charge is -2.40. The van der Waals surface area contributed by atoms with Crippen molar-refractivity contribution in [1.29, 1.82) is 5.26 Å². The van der Waals surface area contributed by atoms with Crippen LogP contribution in [0.15, 0.2) is 6.33 Å². The van der Waals surface area contributed by atoms with Gasteiger partial charge < -0.3 is 20.2 Å². The van der Waals surface area contributed by atoms with Crippen molar-refractivity contribution in [2.24, 2.45) is 0 Å². The summed E-state index contributed by atoms with van der Waals surface area (Å²) in [4.78, 5) is 23.5. The zero-order valence-electron chi connectivity index (χ0n) is 12.2. The third kappa shape index (κ3) is 2.67. The molecule has 1 unspecified atom stereocenters. The molecule has 1 aromatic heterocycles. The molecule has 1 aromatic rings. The number of fused-ring (bicyclic) bond motifs is 1. The Kier molecular flexibility index (Phi) is 4.06. The first kappa shape index (κ1) is 14.5. The zero-order chi connectivity index (χ0) is 15.5. The largest absolute Gasteiger partial charge is 0.465 e. The van der Waals surface area contributed by atoms with Crippen molar-refractivity contribution in [3.63, 3.8) is 0 Å². The van der Waals surface area contributed by atoms with Crippen LogP contribution in [0.1, 0.15) is 17.7 Å². The maximum Gasteiger partial charge on any atom is 0.407 e. The number of hydrogen-bond donors (Lipinski definition) is 2. The van der Waals surface area contributed by atoms with Crippen LogP contribution in [-0.4, -0.2) is 58.3 Å². The van der Waals surface area contributed by atoms with Crippen LogP contribution < -0.4 is 10.2 Å². The Morgan fingerprint density at radius 3 is 3.14 bits per heavy atom. The smallest absolute Gasteiger partial charge is 0.407 e. The Bertz CT molecular complexity index is 614. The molecule has 8 heteroatoms. The molecule has 1 fully saturated rings. The van der Waals surface area contributed by atoms with Crippen LogP contribution in [0.5, 0.6) is 0 Å². The molecular formula is C14H18N6O2. The van der Waals surface area contributed by atoms with Gasteiger partial charge in [0.25, 0.3) is 0 Å². The number of carbonyl (C=O) groups is 1. The number of anilines is 1. The summed E-state index contributed by atoms with van der Waals surface area (Å²) >= 11 is 0. The van der Waals surface area contributed by atoms with Gasteiger partial charge in [0.2, 0.25) is 0 Å². The molecular weight excluding hydrogens is 284 g/mol. The highest BCUT2D eigenvalue weighted by Gasteiger charge is 2.32. The fourth-order valence-corrected chi connectivity index (χ4v) is 3.12. The van der Waals surface area contributed by atoms with Gasteiger partial charge in [-0.05, 0) is 13.0 Å². The standard InChI is InChI=1S/C14H18N6O2/c15-3-1-10-8-19(5-6-20(10)14(21)22)13-11-2-4-16-7-12(11)17-9-18-13/h9-10,16H,1-2,4-8H2,(H,21,22). The fraction of sp³-hybridized carbons (Fsp3) is 0.571. The normalized spacial score (nSPS) is 21.1. The predicted molar refractivity (Wildman–Crippen MR) is 78.4 cm³/mol. The second-order valence-electron chi connectivity index (χ2n) is 5.49. The Balaban J connectivity index is 1.84. The summed E-state index contributed by atoms with van der Waals surface area (Å²) < 4.78 is 0. The molecule has 22 heavy (non-hydrogen) atoms. The van der Waals surface area contributed by atoms with Crippen molar-refractivity contribution in [1.82, 2.24) is 20.2 Å². The number of amides is 1. The summed E-state index contributed by atoms with van der Waals surface area (Å²) in [6.07, 6.45) is 1.66. The Labute approximate surface area is 128 Å². The number of hydrogen-bond acceptors (Lipinski definition) is 6. The average molecular weight is 302 g/mol. The number of piperazine rings is 1. The van der Waals surface area contributed by atoms with Gasteiger partial charge in [-0.15, -0.1) is 0 Å². The quantitative estimate of drug-likeness (QED) is 0.804. The van der Waals surface area contributed by atoms with Gasteiger partial charge in [-0.1, -0.05) is 0 Å². The topological polar surface area (TPSA) is 105 Å². The first-order valence-electron chi connectivity index (χ1n) is 7.35. The molecule has 0 aliphatic carbocycles. The monoisotopic (exact) mass is 302 g/mol. The van der Waals surface area contributed by atoms with E-state index in [1.807, 2.05) is 0 Å². The first-order valence-corrected chi connectivity index (χ1v) is 7.35. The summed E-state index contributed by atoms with van der Waals surface area (Å²) in [7, 11) is 0. The minimum absolute atomic E-state index is 0.192. The van der Waals surface area contributed by atoms with Crippen molar-refractivity contribution < 1.29 is 9.90 Å². The van der Waals surface area contributed by atoms with Crippen LogP contribution in [0.4, 0.5) is 10.6 Å². The lowest BCUT2D eigenvalue weighted by Crippen LogP contribution is -2.55. The third-order valence-electron chi connectivity index (χ3n) is 4.21. The molecule has 0 spiro atoms. The zero-order valence-corrected chi connectivity index (χ0v) is 12.2. The van der Waals surface area contributed by atoms with E-state index in [9.17, 15) is 9.90 Å². The second-order valence-corrected chi connectivity index (χ2v) is 5.49. The van der Waals surface area contributed by atoms with Crippen LogP contribution in [0, 0.1) is 11.3 Å². The maximum absolute atomic E-state index is 11.3. The molecule has 3 rings (SSSR count). The van der Waals surface area contributed by atoms with Crippen molar-refractivity contribution in [3.05, 3.63) is 17.6 Å². The molecule has 8 nitrogen and oxygen atoms in total. The molecule has 1 saturated heterocycles. The van der Waals surface area contributed by atoms with E-state index in [2.05, 4.69) is 26.3 Å². The lowest BCUT2D eigenvalue weighted by atomic mass is 10.0. The van der Waals surface area contributed by atoms with Crippen LogP contribution in [0.3, 0.4) is 0 Å². The van der Waals surface area contributed by atoms with E-state index >= 15 is 0 Å². The molecule has 2 aliphatic rings. The van der Waals surface area contributed by atoms with E-state index < -0.39 is 6.09 Å². The van der Waals surface area contributed by atoms with Crippen molar-refractivity contribution in [2.75, 3.05) is 31.1 Å². The molecule has 3 heterocycles. The van der Waals surface area contributed by atoms with E-state index in [-0.39, 0.29) is 12.5 Å². The van der Waals surface area contributed by atoms with E-state index in [1.165, 1.54) is 4.90 Å². The molecule has 116 valence electrons. The highest BCUT2D eigenvalue weighted by Crippen LogP contribution is 2.25. The molecule has 0 aromatic carbocycles. The number of carboxylic acid groups (broad SMARTS) is 1. The minimum Gasteiger partial charge on any atom is -0.465 e. The van der Waals surface area contributed by atoms with E-state index in [1.54, 1.807) is 6.33 Å². The van der Waals surface area contributed by atoms with Gasteiger partial charge in [-0.2, -0.15) is 5.26 Å². The average Bonchev–Trinajstić information content (AvgIpc) is 2.54. The van der Waals surface area contributed by atoms with Crippen LogP contribution in [0.25, 0.3) is 0 Å². The highest BCUT2D eigenvalue weighted by molar-refractivity contribution is 5.66. The Morgan fingerprint density at radius 1 is 1.50 bits per heavy atom. The molecule has 0 radical (unpaired) electrons. The third-order valence-corrected chi connectivity index (χ3v) is 4.21. The van der Waals surface area contributed by atoms with Gasteiger partial charge in [0.05, 0.1) is 24.2 Å². The van der Waals surface area contributed by atoms with Gasteiger partial charge in [0, 0.05) is 31.7 Å². The number of nitriles is 1. The van der Waals surface area contributed by atoms with Gasteiger partial charge in [-0.3, -0.25) is 0 Å². The van der Waals surface area contributed by atoms with Crippen molar-refractivity contribution in [2.45, 2.75) is 25.4 Å². The highest BCUT2D eigenvalue weighted by atomic mass is 16.4. The molecule has 2 aliphatic heterocycles. The first-order chi connectivity index (χ1) is 10.7. The SMILES string of the molecule is N#CCC1CN(c2ncnc3c2CCNC3)CCN1C(=O)O. The predicted octanol–water partition coefficient (Wildman–Crippen LogP) is 0.205. The summed E-state index contributed by atoms with van der Waals surface area (Å²) in [5.74, 6) is 0.888. The number of aromatic nitrogens is 2. The molecule has 2 N–H and O–H groups in total. The van der Waals surface area contributed by atoms with E-state index in [4.69, 9.17) is 5.26 Å². The summed E-state index contributed by atoms with van der Waals surface area (Å²) in [6, 6.07) is 1.77. The Hall–Kier alpha value is -2.40. The number of rotatable bonds is 2. The summed E-state index contributed by atoms with van der Waals surface area (Å²) in [5.41, 5.74) is 2.15. The molecule has 0 saturated carbocycles.